The summed E-state index contributed by atoms with van der Waals surface area (Å²) in [5.74, 6) is 0.629. The van der Waals surface area contributed by atoms with E-state index >= 15 is 0 Å². The Kier molecular flexibility index (Phi) is 5.17. The first-order valence-electron chi connectivity index (χ1n) is 7.36. The minimum Gasteiger partial charge on any atom is -0.496 e. The number of ether oxygens (including phenoxy) is 1. The van der Waals surface area contributed by atoms with Crippen LogP contribution in [0.25, 0.3) is 6.08 Å². The molecule has 0 aliphatic carbocycles. The summed E-state index contributed by atoms with van der Waals surface area (Å²) in [6, 6.07) is 17.3. The zero-order valence-electron chi connectivity index (χ0n) is 13.1. The van der Waals surface area contributed by atoms with Gasteiger partial charge in [-0.15, -0.1) is 0 Å². The number of para-hydroxylation sites is 2. The Hall–Kier alpha value is -2.31. The summed E-state index contributed by atoms with van der Waals surface area (Å²) in [7, 11) is 1.61. The topological polar surface area (TPSA) is 41.6 Å². The number of rotatable bonds is 5. The highest BCUT2D eigenvalue weighted by Crippen LogP contribution is 2.34. The van der Waals surface area contributed by atoms with E-state index in [0.29, 0.717) is 15.9 Å². The number of benzene rings is 2. The van der Waals surface area contributed by atoms with Crippen molar-refractivity contribution in [3.63, 3.8) is 0 Å². The maximum Gasteiger partial charge on any atom is 0.267 e. The van der Waals surface area contributed by atoms with Crippen molar-refractivity contribution >= 4 is 46.0 Å². The zero-order chi connectivity index (χ0) is 16.9. The number of hydrogen-bond donors (Lipinski definition) is 1. The second kappa shape index (κ2) is 7.51. The zero-order valence-corrected chi connectivity index (χ0v) is 14.7. The van der Waals surface area contributed by atoms with Crippen LogP contribution in [0.1, 0.15) is 5.56 Å². The second-order valence-electron chi connectivity index (χ2n) is 5.05. The normalized spacial score (nSPS) is 15.9. The molecule has 0 atom stereocenters. The van der Waals surface area contributed by atoms with Crippen LogP contribution in [0.5, 0.6) is 5.75 Å². The van der Waals surface area contributed by atoms with Gasteiger partial charge in [-0.1, -0.05) is 60.4 Å². The fourth-order valence-electron chi connectivity index (χ4n) is 2.29. The Labute approximate surface area is 150 Å². The molecule has 1 aliphatic rings. The molecule has 1 amide bonds. The number of nitrogens with zero attached hydrogens (tertiary/aromatic N) is 1. The average Bonchev–Trinajstić information content (AvgIpc) is 2.88. The smallest absolute Gasteiger partial charge is 0.267 e. The molecule has 0 radical (unpaired) electrons. The van der Waals surface area contributed by atoms with E-state index < -0.39 is 0 Å². The highest BCUT2D eigenvalue weighted by atomic mass is 32.2. The van der Waals surface area contributed by atoms with E-state index in [2.05, 4.69) is 5.32 Å². The summed E-state index contributed by atoms with van der Waals surface area (Å²) in [6.45, 7) is 0.345. The van der Waals surface area contributed by atoms with Crippen LogP contribution < -0.4 is 10.1 Å². The van der Waals surface area contributed by atoms with Gasteiger partial charge in [0.1, 0.15) is 10.1 Å². The number of amides is 1. The molecule has 4 nitrogen and oxygen atoms in total. The molecule has 122 valence electrons. The fraction of sp³-hybridized carbons (Fsp3) is 0.111. The van der Waals surface area contributed by atoms with Crippen molar-refractivity contribution in [1.29, 1.82) is 0 Å². The summed E-state index contributed by atoms with van der Waals surface area (Å²) in [4.78, 5) is 14.8. The lowest BCUT2D eigenvalue weighted by molar-refractivity contribution is -0.121. The highest BCUT2D eigenvalue weighted by molar-refractivity contribution is 8.26. The molecule has 6 heteroatoms. The Morgan fingerprint density at radius 1 is 1.17 bits per heavy atom. The molecule has 3 rings (SSSR count). The molecule has 1 fully saturated rings. The largest absolute Gasteiger partial charge is 0.496 e. The molecule has 0 saturated carbocycles. The maximum atomic E-state index is 12.6. The third-order valence-corrected chi connectivity index (χ3v) is 4.89. The van der Waals surface area contributed by atoms with Gasteiger partial charge >= 0.3 is 0 Å². The van der Waals surface area contributed by atoms with Crippen molar-refractivity contribution in [3.8, 4) is 5.75 Å². The number of thiocarbonyl (C=S) groups is 1. The second-order valence-corrected chi connectivity index (χ2v) is 6.73. The molecule has 1 heterocycles. The first-order chi connectivity index (χ1) is 11.7. The van der Waals surface area contributed by atoms with Crippen LogP contribution in [-0.2, 0) is 4.79 Å². The molecule has 1 N–H and O–H groups in total. The van der Waals surface area contributed by atoms with Crippen molar-refractivity contribution < 1.29 is 9.53 Å². The monoisotopic (exact) mass is 356 g/mol. The van der Waals surface area contributed by atoms with Gasteiger partial charge in [0, 0.05) is 11.3 Å². The van der Waals surface area contributed by atoms with Crippen LogP contribution in [0.3, 0.4) is 0 Å². The van der Waals surface area contributed by atoms with Crippen LogP contribution >= 0.6 is 24.0 Å². The minimum atomic E-state index is -0.0978. The van der Waals surface area contributed by atoms with Crippen molar-refractivity contribution in [2.24, 2.45) is 0 Å². The van der Waals surface area contributed by atoms with E-state index in [9.17, 15) is 4.79 Å². The van der Waals surface area contributed by atoms with E-state index in [4.69, 9.17) is 17.0 Å². The van der Waals surface area contributed by atoms with Crippen molar-refractivity contribution in [3.05, 3.63) is 65.1 Å². The maximum absolute atomic E-state index is 12.6. The molecule has 24 heavy (non-hydrogen) atoms. The minimum absolute atomic E-state index is 0.0978. The van der Waals surface area contributed by atoms with Gasteiger partial charge in [-0.25, -0.2) is 0 Å². The van der Waals surface area contributed by atoms with Gasteiger partial charge in [-0.3, -0.25) is 9.69 Å². The molecular formula is C18H16N2O2S2. The van der Waals surface area contributed by atoms with Crippen LogP contribution in [-0.4, -0.2) is 28.9 Å². The van der Waals surface area contributed by atoms with Crippen molar-refractivity contribution in [2.45, 2.75) is 0 Å². The van der Waals surface area contributed by atoms with Gasteiger partial charge in [0.2, 0.25) is 0 Å². The Balaban J connectivity index is 1.75. The first kappa shape index (κ1) is 16.5. The quantitative estimate of drug-likeness (QED) is 0.649. The fourth-order valence-corrected chi connectivity index (χ4v) is 3.54. The Morgan fingerprint density at radius 3 is 2.62 bits per heavy atom. The van der Waals surface area contributed by atoms with E-state index in [1.165, 1.54) is 11.8 Å². The number of thioether (sulfide) groups is 1. The number of nitrogens with one attached hydrogen (secondary N) is 1. The number of carbonyl (C=O) groups is 1. The first-order valence-corrected chi connectivity index (χ1v) is 8.59. The Bertz CT molecular complexity index is 791. The van der Waals surface area contributed by atoms with Gasteiger partial charge in [-0.05, 0) is 24.3 Å². The summed E-state index contributed by atoms with van der Waals surface area (Å²) in [6.07, 6.45) is 1.82. The van der Waals surface area contributed by atoms with Crippen LogP contribution in [0, 0.1) is 0 Å². The summed E-state index contributed by atoms with van der Waals surface area (Å²) in [5.41, 5.74) is 1.80. The van der Waals surface area contributed by atoms with Crippen LogP contribution in [0.15, 0.2) is 59.5 Å². The average molecular weight is 356 g/mol. The Morgan fingerprint density at radius 2 is 1.88 bits per heavy atom. The number of hydrogen-bond acceptors (Lipinski definition) is 5. The van der Waals surface area contributed by atoms with E-state index in [0.717, 1.165) is 17.0 Å². The number of methoxy groups -OCH3 is 1. The van der Waals surface area contributed by atoms with Gasteiger partial charge < -0.3 is 10.1 Å². The standard InChI is InChI=1S/C18H16N2O2S2/c1-22-15-10-6-5-7-13(15)11-16-17(21)20(18(23)24-16)12-19-14-8-3-2-4-9-14/h2-11,19H,12H2,1H3/b16-11+. The molecule has 2 aromatic carbocycles. The molecule has 0 unspecified atom stereocenters. The molecular weight excluding hydrogens is 340 g/mol. The molecule has 0 bridgehead atoms. The van der Waals surface area contributed by atoms with Gasteiger partial charge in [0.05, 0.1) is 18.7 Å². The summed E-state index contributed by atoms with van der Waals surface area (Å²) >= 11 is 6.65. The van der Waals surface area contributed by atoms with Crippen molar-refractivity contribution in [2.75, 3.05) is 19.1 Å². The SMILES string of the molecule is COc1ccccc1/C=C1/SC(=S)N(CNc2ccccc2)C1=O. The van der Waals surface area contributed by atoms with Crippen LogP contribution in [0.4, 0.5) is 5.69 Å². The lowest BCUT2D eigenvalue weighted by atomic mass is 10.2. The third kappa shape index (κ3) is 3.60. The van der Waals surface area contributed by atoms with Gasteiger partial charge in [0.15, 0.2) is 0 Å². The number of carbonyl (C=O) groups excluding carboxylic acids is 1. The molecule has 0 spiro atoms. The number of anilines is 1. The van der Waals surface area contributed by atoms with Crippen LogP contribution in [0.2, 0.25) is 0 Å². The summed E-state index contributed by atoms with van der Waals surface area (Å²) in [5, 5.41) is 3.21. The lowest BCUT2D eigenvalue weighted by Crippen LogP contribution is -2.33. The van der Waals surface area contributed by atoms with E-state index in [1.807, 2.05) is 60.7 Å². The predicted octanol–water partition coefficient (Wildman–Crippen LogP) is 3.97. The van der Waals surface area contributed by atoms with E-state index in [1.54, 1.807) is 12.0 Å². The highest BCUT2D eigenvalue weighted by Gasteiger charge is 2.31. The summed E-state index contributed by atoms with van der Waals surface area (Å²) < 4.78 is 5.87. The van der Waals surface area contributed by atoms with E-state index in [-0.39, 0.29) is 5.91 Å². The van der Waals surface area contributed by atoms with Gasteiger partial charge in [0.25, 0.3) is 5.91 Å². The third-order valence-electron chi connectivity index (χ3n) is 3.51. The van der Waals surface area contributed by atoms with Gasteiger partial charge in [-0.2, -0.15) is 0 Å². The molecule has 2 aromatic rings. The van der Waals surface area contributed by atoms with Crippen molar-refractivity contribution in [1.82, 2.24) is 4.90 Å². The molecule has 1 saturated heterocycles. The predicted molar refractivity (Wildman–Crippen MR) is 103 cm³/mol. The molecule has 1 aliphatic heterocycles. The molecule has 0 aromatic heterocycles. The lowest BCUT2D eigenvalue weighted by Gasteiger charge is -2.16.